The monoisotopic (exact) mass is 340 g/mol. The second-order valence-corrected chi connectivity index (χ2v) is 6.34. The molecule has 1 heterocycles. The van der Waals surface area contributed by atoms with Crippen LogP contribution in [0.5, 0.6) is 5.75 Å². The Morgan fingerprint density at radius 3 is 2.85 bits per heavy atom. The summed E-state index contributed by atoms with van der Waals surface area (Å²) in [7, 11) is 0. The first kappa shape index (κ1) is 15.8. The molecule has 0 aliphatic carbocycles. The number of benzene rings is 1. The van der Waals surface area contributed by atoms with E-state index < -0.39 is 0 Å². The average molecular weight is 341 g/mol. The molecule has 2 rings (SSSR count). The highest BCUT2D eigenvalue weighted by molar-refractivity contribution is 9.10. The topological polar surface area (TPSA) is 24.5 Å². The van der Waals surface area contributed by atoms with Crippen LogP contribution < -0.4 is 10.1 Å². The number of hydrogen-bond donors (Lipinski definition) is 1. The van der Waals surface area contributed by atoms with E-state index in [0.717, 1.165) is 42.9 Å². The molecule has 112 valence electrons. The number of hydrogen-bond acceptors (Lipinski definition) is 3. The molecule has 0 saturated carbocycles. The standard InChI is InChI=1S/C16H25BrN2O/c1-4-19(5-2)11-12(3)18-15-8-9-20-16-7-6-13(17)10-14(15)16/h6-7,10,12,15,18H,4-5,8-9,11H2,1-3H3. The summed E-state index contributed by atoms with van der Waals surface area (Å²) >= 11 is 3.56. The minimum atomic E-state index is 0.391. The van der Waals surface area contributed by atoms with Crippen LogP contribution in [0.2, 0.25) is 0 Å². The zero-order chi connectivity index (χ0) is 14.5. The van der Waals surface area contributed by atoms with Gasteiger partial charge in [-0.3, -0.25) is 0 Å². The lowest BCUT2D eigenvalue weighted by Crippen LogP contribution is -2.41. The van der Waals surface area contributed by atoms with Crippen molar-refractivity contribution in [2.75, 3.05) is 26.2 Å². The van der Waals surface area contributed by atoms with Gasteiger partial charge in [-0.15, -0.1) is 0 Å². The van der Waals surface area contributed by atoms with Gasteiger partial charge in [-0.25, -0.2) is 0 Å². The van der Waals surface area contributed by atoms with Crippen molar-refractivity contribution in [1.29, 1.82) is 0 Å². The molecule has 1 aromatic rings. The van der Waals surface area contributed by atoms with Crippen LogP contribution in [-0.4, -0.2) is 37.2 Å². The fourth-order valence-corrected chi connectivity index (χ4v) is 3.18. The van der Waals surface area contributed by atoms with E-state index in [1.807, 2.05) is 6.07 Å². The molecule has 0 fully saturated rings. The van der Waals surface area contributed by atoms with E-state index in [1.165, 1.54) is 5.56 Å². The van der Waals surface area contributed by atoms with E-state index in [1.54, 1.807) is 0 Å². The highest BCUT2D eigenvalue weighted by Gasteiger charge is 2.23. The van der Waals surface area contributed by atoms with Gasteiger partial charge in [0.1, 0.15) is 5.75 Å². The average Bonchev–Trinajstić information content (AvgIpc) is 2.45. The van der Waals surface area contributed by atoms with Crippen molar-refractivity contribution < 1.29 is 4.74 Å². The lowest BCUT2D eigenvalue weighted by atomic mass is 10.00. The molecular formula is C16H25BrN2O. The van der Waals surface area contributed by atoms with E-state index in [4.69, 9.17) is 4.74 Å². The number of ether oxygens (including phenoxy) is 1. The second kappa shape index (κ2) is 7.43. The van der Waals surface area contributed by atoms with Crippen molar-refractivity contribution in [3.63, 3.8) is 0 Å². The second-order valence-electron chi connectivity index (χ2n) is 5.43. The summed E-state index contributed by atoms with van der Waals surface area (Å²) in [5.41, 5.74) is 1.28. The quantitative estimate of drug-likeness (QED) is 0.856. The molecule has 20 heavy (non-hydrogen) atoms. The van der Waals surface area contributed by atoms with Gasteiger partial charge in [-0.05, 0) is 38.2 Å². The molecule has 0 radical (unpaired) electrons. The molecule has 1 aliphatic heterocycles. The van der Waals surface area contributed by atoms with Gasteiger partial charge < -0.3 is 15.0 Å². The summed E-state index contributed by atoms with van der Waals surface area (Å²) in [6.45, 7) is 10.8. The molecule has 2 unspecified atom stereocenters. The van der Waals surface area contributed by atoms with Crippen LogP contribution in [0, 0.1) is 0 Å². The smallest absolute Gasteiger partial charge is 0.124 e. The molecule has 0 spiro atoms. The number of halogens is 1. The molecule has 0 bridgehead atoms. The van der Waals surface area contributed by atoms with E-state index in [9.17, 15) is 0 Å². The minimum Gasteiger partial charge on any atom is -0.493 e. The third kappa shape index (κ3) is 3.96. The summed E-state index contributed by atoms with van der Waals surface area (Å²) in [6.07, 6.45) is 1.03. The third-order valence-corrected chi connectivity index (χ3v) is 4.42. The minimum absolute atomic E-state index is 0.391. The Bertz CT molecular complexity index is 434. The highest BCUT2D eigenvalue weighted by atomic mass is 79.9. The molecule has 2 atom stereocenters. The summed E-state index contributed by atoms with van der Waals surface area (Å²) in [5, 5.41) is 3.76. The van der Waals surface area contributed by atoms with Crippen LogP contribution in [0.15, 0.2) is 22.7 Å². The molecule has 1 aromatic carbocycles. The van der Waals surface area contributed by atoms with Crippen LogP contribution in [0.25, 0.3) is 0 Å². The van der Waals surface area contributed by atoms with Crippen molar-refractivity contribution >= 4 is 15.9 Å². The maximum atomic E-state index is 5.74. The molecule has 0 aromatic heterocycles. The summed E-state index contributed by atoms with van der Waals surface area (Å²) in [4.78, 5) is 2.46. The SMILES string of the molecule is CCN(CC)CC(C)NC1CCOc2ccc(Br)cc21. The van der Waals surface area contributed by atoms with Gasteiger partial charge in [-0.1, -0.05) is 29.8 Å². The number of fused-ring (bicyclic) bond motifs is 1. The molecule has 0 amide bonds. The largest absolute Gasteiger partial charge is 0.493 e. The maximum Gasteiger partial charge on any atom is 0.124 e. The van der Waals surface area contributed by atoms with Crippen LogP contribution in [0.3, 0.4) is 0 Å². The third-order valence-electron chi connectivity index (χ3n) is 3.92. The highest BCUT2D eigenvalue weighted by Crippen LogP contribution is 2.34. The van der Waals surface area contributed by atoms with Crippen LogP contribution in [-0.2, 0) is 0 Å². The van der Waals surface area contributed by atoms with Crippen LogP contribution in [0.4, 0.5) is 0 Å². The zero-order valence-corrected chi connectivity index (χ0v) is 14.2. The van der Waals surface area contributed by atoms with E-state index in [-0.39, 0.29) is 0 Å². The Kier molecular flexibility index (Phi) is 5.87. The first-order valence-electron chi connectivity index (χ1n) is 7.54. The maximum absolute atomic E-state index is 5.74. The molecule has 0 saturated heterocycles. The summed E-state index contributed by atoms with van der Waals surface area (Å²) in [5.74, 6) is 1.02. The lowest BCUT2D eigenvalue weighted by molar-refractivity contribution is 0.223. The zero-order valence-electron chi connectivity index (χ0n) is 12.7. The fraction of sp³-hybridized carbons (Fsp3) is 0.625. The van der Waals surface area contributed by atoms with Gasteiger partial charge in [0.15, 0.2) is 0 Å². The van der Waals surface area contributed by atoms with Crippen molar-refractivity contribution in [2.45, 2.75) is 39.3 Å². The molecule has 1 N–H and O–H groups in total. The van der Waals surface area contributed by atoms with Crippen LogP contribution >= 0.6 is 15.9 Å². The van der Waals surface area contributed by atoms with Gasteiger partial charge in [0.25, 0.3) is 0 Å². The fourth-order valence-electron chi connectivity index (χ4n) is 2.80. The molecule has 4 heteroatoms. The number of likely N-dealkylation sites (N-methyl/N-ethyl adjacent to an activating group) is 1. The summed E-state index contributed by atoms with van der Waals surface area (Å²) < 4.78 is 6.86. The number of nitrogens with zero attached hydrogens (tertiary/aromatic N) is 1. The molecular weight excluding hydrogens is 316 g/mol. The normalized spacial score (nSPS) is 19.6. The van der Waals surface area contributed by atoms with Crippen LogP contribution in [0.1, 0.15) is 38.8 Å². The number of rotatable bonds is 6. The Hall–Kier alpha value is -0.580. The Morgan fingerprint density at radius 1 is 1.40 bits per heavy atom. The van der Waals surface area contributed by atoms with Gasteiger partial charge >= 0.3 is 0 Å². The van der Waals surface area contributed by atoms with Gasteiger partial charge in [0, 0.05) is 35.1 Å². The van der Waals surface area contributed by atoms with Crippen molar-refractivity contribution in [3.05, 3.63) is 28.2 Å². The summed E-state index contributed by atoms with van der Waals surface area (Å²) in [6, 6.07) is 7.14. The first-order valence-corrected chi connectivity index (χ1v) is 8.34. The molecule has 1 aliphatic rings. The van der Waals surface area contributed by atoms with E-state index >= 15 is 0 Å². The first-order chi connectivity index (χ1) is 9.63. The predicted octanol–water partition coefficient (Wildman–Crippen LogP) is 3.59. The van der Waals surface area contributed by atoms with Gasteiger partial charge in [0.05, 0.1) is 6.61 Å². The Labute approximate surface area is 130 Å². The van der Waals surface area contributed by atoms with Crippen molar-refractivity contribution in [2.24, 2.45) is 0 Å². The van der Waals surface area contributed by atoms with E-state index in [0.29, 0.717) is 12.1 Å². The molecule has 3 nitrogen and oxygen atoms in total. The Balaban J connectivity index is 2.02. The van der Waals surface area contributed by atoms with Gasteiger partial charge in [0.2, 0.25) is 0 Å². The Morgan fingerprint density at radius 2 is 2.15 bits per heavy atom. The van der Waals surface area contributed by atoms with E-state index in [2.05, 4.69) is 59.1 Å². The lowest BCUT2D eigenvalue weighted by Gasteiger charge is -2.31. The number of nitrogens with one attached hydrogen (secondary N) is 1. The van der Waals surface area contributed by atoms with Crippen molar-refractivity contribution in [1.82, 2.24) is 10.2 Å². The predicted molar refractivity (Wildman–Crippen MR) is 87.4 cm³/mol. The van der Waals surface area contributed by atoms with Gasteiger partial charge in [-0.2, -0.15) is 0 Å². The van der Waals surface area contributed by atoms with Crippen molar-refractivity contribution in [3.8, 4) is 5.75 Å².